The molecule has 2 N–H and O–H groups in total. The molecule has 0 radical (unpaired) electrons. The minimum Gasteiger partial charge on any atom is -0.389 e. The molecule has 5 nitrogen and oxygen atoms in total. The minimum atomic E-state index is -0.508. The molecule has 0 spiro atoms. The molecule has 6 heteroatoms. The molecule has 0 fully saturated rings. The Bertz CT molecular complexity index is 608. The van der Waals surface area contributed by atoms with Crippen LogP contribution in [0.3, 0.4) is 0 Å². The molecule has 0 bridgehead atoms. The zero-order chi connectivity index (χ0) is 15.4. The third kappa shape index (κ3) is 4.03. The number of nitrogens with zero attached hydrogens (tertiary/aromatic N) is 2. The van der Waals surface area contributed by atoms with Gasteiger partial charge >= 0.3 is 6.03 Å². The molecule has 1 aromatic heterocycles. The van der Waals surface area contributed by atoms with E-state index in [2.05, 4.69) is 10.3 Å². The predicted octanol–water partition coefficient (Wildman–Crippen LogP) is 3.17. The smallest absolute Gasteiger partial charge is 0.321 e. The number of carbonyl (C=O) groups excluding carboxylic acids is 1. The average molecular weight is 305 g/mol. The van der Waals surface area contributed by atoms with Crippen LogP contribution in [0.25, 0.3) is 0 Å². The molecule has 0 saturated carbocycles. The van der Waals surface area contributed by atoms with Crippen molar-refractivity contribution in [3.63, 3.8) is 0 Å². The Labute approximate surface area is 128 Å². The van der Waals surface area contributed by atoms with Crippen LogP contribution in [0.5, 0.6) is 0 Å². The summed E-state index contributed by atoms with van der Waals surface area (Å²) < 4.78 is 0. The highest BCUT2D eigenvalue weighted by molar-refractivity contribution is 7.09. The first-order valence-corrected chi connectivity index (χ1v) is 7.54. The maximum Gasteiger partial charge on any atom is 0.321 e. The normalized spacial score (nSPS) is 12.0. The topological polar surface area (TPSA) is 65.5 Å². The number of urea groups is 1. The number of aromatic nitrogens is 1. The molecular formula is C15H19N3O2S. The van der Waals surface area contributed by atoms with Gasteiger partial charge < -0.3 is 15.3 Å². The number of aliphatic hydroxyl groups excluding tert-OH is 1. The van der Waals surface area contributed by atoms with Gasteiger partial charge in [0.1, 0.15) is 0 Å². The molecule has 2 rings (SSSR count). The highest BCUT2D eigenvalue weighted by Gasteiger charge is 2.12. The van der Waals surface area contributed by atoms with Crippen LogP contribution < -0.4 is 5.32 Å². The van der Waals surface area contributed by atoms with Crippen LogP contribution in [0.2, 0.25) is 0 Å². The van der Waals surface area contributed by atoms with Gasteiger partial charge in [0.05, 0.1) is 23.9 Å². The molecule has 0 aliphatic heterocycles. The molecule has 2 aromatic rings. The van der Waals surface area contributed by atoms with Crippen LogP contribution in [0, 0.1) is 6.92 Å². The van der Waals surface area contributed by atoms with Gasteiger partial charge in [-0.05, 0) is 31.5 Å². The fourth-order valence-electron chi connectivity index (χ4n) is 1.83. The number of benzene rings is 1. The average Bonchev–Trinajstić information content (AvgIpc) is 2.84. The molecular weight excluding hydrogens is 286 g/mol. The first kappa shape index (κ1) is 15.5. The van der Waals surface area contributed by atoms with Gasteiger partial charge in [0, 0.05) is 17.6 Å². The van der Waals surface area contributed by atoms with Gasteiger partial charge in [-0.25, -0.2) is 9.78 Å². The number of amides is 2. The lowest BCUT2D eigenvalue weighted by molar-refractivity contribution is 0.199. The van der Waals surface area contributed by atoms with Crippen molar-refractivity contribution >= 4 is 23.1 Å². The van der Waals surface area contributed by atoms with E-state index in [1.54, 1.807) is 60.0 Å². The lowest BCUT2D eigenvalue weighted by atomic mass is 10.1. The highest BCUT2D eigenvalue weighted by atomic mass is 32.1. The van der Waals surface area contributed by atoms with Crippen molar-refractivity contribution in [2.75, 3.05) is 12.4 Å². The van der Waals surface area contributed by atoms with E-state index in [1.165, 1.54) is 0 Å². The second kappa shape index (κ2) is 6.69. The second-order valence-corrected chi connectivity index (χ2v) is 5.88. The molecule has 112 valence electrons. The van der Waals surface area contributed by atoms with Gasteiger partial charge in [0.15, 0.2) is 0 Å². The zero-order valence-electron chi connectivity index (χ0n) is 12.3. The van der Waals surface area contributed by atoms with E-state index in [0.29, 0.717) is 12.2 Å². The van der Waals surface area contributed by atoms with Crippen LogP contribution in [0.1, 0.15) is 29.2 Å². The maximum absolute atomic E-state index is 12.1. The fraction of sp³-hybridized carbons (Fsp3) is 0.333. The lowest BCUT2D eigenvalue weighted by Crippen LogP contribution is -2.30. The molecule has 0 aliphatic rings. The lowest BCUT2D eigenvalue weighted by Gasteiger charge is -2.17. The van der Waals surface area contributed by atoms with Crippen LogP contribution in [0.4, 0.5) is 10.5 Å². The Kier molecular flexibility index (Phi) is 4.93. The highest BCUT2D eigenvalue weighted by Crippen LogP contribution is 2.17. The third-order valence-electron chi connectivity index (χ3n) is 3.22. The summed E-state index contributed by atoms with van der Waals surface area (Å²) in [5.41, 5.74) is 4.27. The molecule has 1 heterocycles. The summed E-state index contributed by atoms with van der Waals surface area (Å²) in [5.74, 6) is 0. The number of aliphatic hydroxyl groups is 1. The first-order valence-electron chi connectivity index (χ1n) is 6.66. The summed E-state index contributed by atoms with van der Waals surface area (Å²) in [6.45, 7) is 4.18. The van der Waals surface area contributed by atoms with E-state index in [4.69, 9.17) is 0 Å². The van der Waals surface area contributed by atoms with Crippen molar-refractivity contribution in [2.45, 2.75) is 26.5 Å². The summed E-state index contributed by atoms with van der Waals surface area (Å²) in [5, 5.41) is 12.3. The first-order chi connectivity index (χ1) is 9.97. The van der Waals surface area contributed by atoms with Crippen molar-refractivity contribution in [3.05, 3.63) is 45.9 Å². The minimum absolute atomic E-state index is 0.174. The number of anilines is 1. The monoisotopic (exact) mass is 305 g/mol. The summed E-state index contributed by atoms with van der Waals surface area (Å²) in [6.07, 6.45) is -0.508. The maximum atomic E-state index is 12.1. The Balaban J connectivity index is 1.95. The second-order valence-electron chi connectivity index (χ2n) is 4.95. The van der Waals surface area contributed by atoms with Gasteiger partial charge in [-0.3, -0.25) is 0 Å². The van der Waals surface area contributed by atoms with Crippen molar-refractivity contribution < 1.29 is 9.90 Å². The number of hydrogen-bond acceptors (Lipinski definition) is 4. The van der Waals surface area contributed by atoms with Gasteiger partial charge in [0.2, 0.25) is 0 Å². The van der Waals surface area contributed by atoms with Gasteiger partial charge in [-0.2, -0.15) is 0 Å². The largest absolute Gasteiger partial charge is 0.389 e. The van der Waals surface area contributed by atoms with Crippen LogP contribution in [-0.2, 0) is 6.54 Å². The summed E-state index contributed by atoms with van der Waals surface area (Å²) >= 11 is 1.55. The van der Waals surface area contributed by atoms with E-state index >= 15 is 0 Å². The zero-order valence-corrected chi connectivity index (χ0v) is 13.1. The molecule has 21 heavy (non-hydrogen) atoms. The van der Waals surface area contributed by atoms with Gasteiger partial charge in [0.25, 0.3) is 0 Å². The molecule has 1 atom stereocenters. The molecule has 1 unspecified atom stereocenters. The van der Waals surface area contributed by atoms with Gasteiger partial charge in [-0.15, -0.1) is 11.3 Å². The molecule has 2 amide bonds. The number of aryl methyl sites for hydroxylation is 1. The van der Waals surface area contributed by atoms with Crippen LogP contribution in [0.15, 0.2) is 29.8 Å². The molecule has 0 aliphatic carbocycles. The Morgan fingerprint density at radius 2 is 2.10 bits per heavy atom. The van der Waals surface area contributed by atoms with Crippen LogP contribution in [-0.4, -0.2) is 28.1 Å². The third-order valence-corrected chi connectivity index (χ3v) is 4.14. The molecule has 1 aromatic carbocycles. The van der Waals surface area contributed by atoms with Crippen molar-refractivity contribution in [1.82, 2.24) is 9.88 Å². The Hall–Kier alpha value is -1.92. The summed E-state index contributed by atoms with van der Waals surface area (Å²) in [7, 11) is 1.75. The summed E-state index contributed by atoms with van der Waals surface area (Å²) in [6, 6.07) is 6.99. The van der Waals surface area contributed by atoms with E-state index in [-0.39, 0.29) is 6.03 Å². The van der Waals surface area contributed by atoms with Crippen LogP contribution >= 0.6 is 11.3 Å². The summed E-state index contributed by atoms with van der Waals surface area (Å²) in [4.78, 5) is 19.0. The molecule has 0 saturated heterocycles. The van der Waals surface area contributed by atoms with E-state index in [0.717, 1.165) is 16.1 Å². The Morgan fingerprint density at radius 1 is 1.43 bits per heavy atom. The van der Waals surface area contributed by atoms with E-state index < -0.39 is 6.10 Å². The van der Waals surface area contributed by atoms with Crippen molar-refractivity contribution in [3.8, 4) is 0 Å². The van der Waals surface area contributed by atoms with E-state index in [1.807, 2.05) is 6.92 Å². The Morgan fingerprint density at radius 3 is 2.62 bits per heavy atom. The SMILES string of the molecule is Cc1ncsc1CN(C)C(=O)Nc1ccc(C(C)O)cc1. The number of thiazole rings is 1. The predicted molar refractivity (Wildman–Crippen MR) is 84.4 cm³/mol. The number of hydrogen-bond donors (Lipinski definition) is 2. The van der Waals surface area contributed by atoms with E-state index in [9.17, 15) is 9.90 Å². The quantitative estimate of drug-likeness (QED) is 0.912. The number of carbonyl (C=O) groups is 1. The van der Waals surface area contributed by atoms with Crippen molar-refractivity contribution in [1.29, 1.82) is 0 Å². The van der Waals surface area contributed by atoms with Crippen molar-refractivity contribution in [2.24, 2.45) is 0 Å². The number of rotatable bonds is 4. The van der Waals surface area contributed by atoms with Gasteiger partial charge in [-0.1, -0.05) is 12.1 Å². The standard InChI is InChI=1S/C15H19N3O2S/c1-10-14(21-9-16-10)8-18(3)15(20)17-13-6-4-12(5-7-13)11(2)19/h4-7,9,11,19H,8H2,1-3H3,(H,17,20). The number of nitrogens with one attached hydrogen (secondary N) is 1. The fourth-order valence-corrected chi connectivity index (χ4v) is 2.66.